The third-order valence-corrected chi connectivity index (χ3v) is 5.08. The molecule has 5 nitrogen and oxygen atoms in total. The Hall–Kier alpha value is -1.30. The zero-order chi connectivity index (χ0) is 17.1. The molecule has 2 aliphatic heterocycles. The molecule has 2 aliphatic rings. The molecule has 2 saturated heterocycles. The highest BCUT2D eigenvalue weighted by molar-refractivity contribution is 6.35. The van der Waals surface area contributed by atoms with E-state index >= 15 is 0 Å². The second kappa shape index (κ2) is 7.72. The molecule has 1 N–H and O–H groups in total. The largest absolute Gasteiger partial charge is 0.368 e. The third-order valence-electron chi connectivity index (χ3n) is 4.52. The first-order valence-corrected chi connectivity index (χ1v) is 8.96. The maximum Gasteiger partial charge on any atom is 0.253 e. The van der Waals surface area contributed by atoms with Gasteiger partial charge in [-0.25, -0.2) is 0 Å². The number of amides is 2. The van der Waals surface area contributed by atoms with Gasteiger partial charge in [-0.15, -0.1) is 0 Å². The van der Waals surface area contributed by atoms with Crippen LogP contribution < -0.4 is 5.32 Å². The molecule has 3 rings (SSSR count). The Morgan fingerprint density at radius 1 is 1.17 bits per heavy atom. The van der Waals surface area contributed by atoms with Gasteiger partial charge in [-0.3, -0.25) is 9.59 Å². The fourth-order valence-corrected chi connectivity index (χ4v) is 3.53. The summed E-state index contributed by atoms with van der Waals surface area (Å²) in [5, 5.41) is 3.83. The van der Waals surface area contributed by atoms with Crippen LogP contribution in [-0.4, -0.2) is 48.6 Å². The van der Waals surface area contributed by atoms with Crippen LogP contribution >= 0.6 is 23.2 Å². The Bertz CT molecular complexity index is 624. The first-order valence-electron chi connectivity index (χ1n) is 8.21. The smallest absolute Gasteiger partial charge is 0.253 e. The fraction of sp³-hybridized carbons (Fsp3) is 0.529. The maximum atomic E-state index is 12.4. The zero-order valence-corrected chi connectivity index (χ0v) is 14.8. The van der Waals surface area contributed by atoms with Gasteiger partial charge in [-0.05, 0) is 43.9 Å². The van der Waals surface area contributed by atoms with Crippen LogP contribution in [0, 0.1) is 0 Å². The molecule has 1 aromatic rings. The Kier molecular flexibility index (Phi) is 5.64. The van der Waals surface area contributed by atoms with E-state index in [1.807, 2.05) is 4.90 Å². The molecule has 7 heteroatoms. The number of benzene rings is 1. The van der Waals surface area contributed by atoms with Crippen LogP contribution in [0.15, 0.2) is 18.2 Å². The number of nitrogens with one attached hydrogen (secondary N) is 1. The maximum absolute atomic E-state index is 12.4. The standard InChI is InChI=1S/C17H20Cl2N2O3/c18-11-3-4-14(19)13(10-11)16(22)20-12-5-7-21(8-6-12)17(23)15-2-1-9-24-15/h3-4,10,12,15H,1-2,5-9H2,(H,20,22). The molecule has 1 atom stereocenters. The second-order valence-electron chi connectivity index (χ2n) is 6.20. The number of carbonyl (C=O) groups is 2. The lowest BCUT2D eigenvalue weighted by Crippen LogP contribution is -2.49. The quantitative estimate of drug-likeness (QED) is 0.889. The van der Waals surface area contributed by atoms with E-state index in [-0.39, 0.29) is 24.0 Å². The van der Waals surface area contributed by atoms with Crippen molar-refractivity contribution in [2.45, 2.75) is 37.8 Å². The van der Waals surface area contributed by atoms with Gasteiger partial charge in [0, 0.05) is 30.8 Å². The van der Waals surface area contributed by atoms with E-state index < -0.39 is 0 Å². The summed E-state index contributed by atoms with van der Waals surface area (Å²) in [4.78, 5) is 26.5. The number of rotatable bonds is 3. The Labute approximate surface area is 151 Å². The summed E-state index contributed by atoms with van der Waals surface area (Å²) < 4.78 is 5.45. The number of halogens is 2. The lowest BCUT2D eigenvalue weighted by Gasteiger charge is -2.33. The van der Waals surface area contributed by atoms with Gasteiger partial charge in [-0.1, -0.05) is 23.2 Å². The minimum absolute atomic E-state index is 0.0288. The molecule has 0 bridgehead atoms. The number of hydrogen-bond donors (Lipinski definition) is 1. The van der Waals surface area contributed by atoms with Crippen molar-refractivity contribution in [1.29, 1.82) is 0 Å². The summed E-state index contributed by atoms with van der Waals surface area (Å²) in [6.07, 6.45) is 2.93. The molecule has 0 saturated carbocycles. The van der Waals surface area contributed by atoms with E-state index in [1.165, 1.54) is 0 Å². The number of hydrogen-bond acceptors (Lipinski definition) is 3. The lowest BCUT2D eigenvalue weighted by molar-refractivity contribution is -0.142. The van der Waals surface area contributed by atoms with E-state index in [0.717, 1.165) is 25.7 Å². The van der Waals surface area contributed by atoms with Crippen LogP contribution in [0.2, 0.25) is 10.0 Å². The van der Waals surface area contributed by atoms with Crippen molar-refractivity contribution in [3.63, 3.8) is 0 Å². The number of likely N-dealkylation sites (tertiary alicyclic amines) is 1. The van der Waals surface area contributed by atoms with Gasteiger partial charge < -0.3 is 15.0 Å². The normalized spacial score (nSPS) is 21.8. The first-order chi connectivity index (χ1) is 11.5. The molecule has 1 unspecified atom stereocenters. The van der Waals surface area contributed by atoms with E-state index in [4.69, 9.17) is 27.9 Å². The van der Waals surface area contributed by atoms with Crippen molar-refractivity contribution in [2.24, 2.45) is 0 Å². The van der Waals surface area contributed by atoms with Gasteiger partial charge in [0.25, 0.3) is 11.8 Å². The molecule has 0 radical (unpaired) electrons. The van der Waals surface area contributed by atoms with Gasteiger partial charge in [0.2, 0.25) is 0 Å². The van der Waals surface area contributed by atoms with Gasteiger partial charge in [0.05, 0.1) is 10.6 Å². The summed E-state index contributed by atoms with van der Waals surface area (Å²) >= 11 is 12.0. The van der Waals surface area contributed by atoms with Crippen LogP contribution in [0.25, 0.3) is 0 Å². The Morgan fingerprint density at radius 2 is 1.92 bits per heavy atom. The molecule has 2 heterocycles. The number of ether oxygens (including phenoxy) is 1. The van der Waals surface area contributed by atoms with E-state index in [1.54, 1.807) is 18.2 Å². The van der Waals surface area contributed by atoms with Crippen LogP contribution in [0.4, 0.5) is 0 Å². The average Bonchev–Trinajstić information content (AvgIpc) is 3.11. The molecule has 2 fully saturated rings. The van der Waals surface area contributed by atoms with Crippen LogP contribution in [0.1, 0.15) is 36.0 Å². The molecule has 24 heavy (non-hydrogen) atoms. The molecule has 130 valence electrons. The summed E-state index contributed by atoms with van der Waals surface area (Å²) in [6.45, 7) is 1.93. The monoisotopic (exact) mass is 370 g/mol. The van der Waals surface area contributed by atoms with Crippen molar-refractivity contribution < 1.29 is 14.3 Å². The number of nitrogens with zero attached hydrogens (tertiary/aromatic N) is 1. The first kappa shape index (κ1) is 17.5. The summed E-state index contributed by atoms with van der Waals surface area (Å²) in [5.74, 6) is -0.151. The van der Waals surface area contributed by atoms with Gasteiger partial charge in [-0.2, -0.15) is 0 Å². The highest BCUT2D eigenvalue weighted by Gasteiger charge is 2.31. The molecule has 0 aliphatic carbocycles. The minimum Gasteiger partial charge on any atom is -0.368 e. The van der Waals surface area contributed by atoms with E-state index in [0.29, 0.717) is 35.3 Å². The molecule has 1 aromatic carbocycles. The van der Waals surface area contributed by atoms with Crippen LogP contribution in [0.5, 0.6) is 0 Å². The zero-order valence-electron chi connectivity index (χ0n) is 13.3. The highest BCUT2D eigenvalue weighted by Crippen LogP contribution is 2.22. The summed E-state index contributed by atoms with van der Waals surface area (Å²) in [7, 11) is 0. The lowest BCUT2D eigenvalue weighted by atomic mass is 10.0. The second-order valence-corrected chi connectivity index (χ2v) is 7.04. The van der Waals surface area contributed by atoms with Gasteiger partial charge >= 0.3 is 0 Å². The van der Waals surface area contributed by atoms with Crippen LogP contribution in [-0.2, 0) is 9.53 Å². The summed E-state index contributed by atoms with van der Waals surface area (Å²) in [6, 6.07) is 4.86. The van der Waals surface area contributed by atoms with Crippen molar-refractivity contribution in [1.82, 2.24) is 10.2 Å². The predicted octanol–water partition coefficient (Wildman–Crippen LogP) is 2.89. The van der Waals surface area contributed by atoms with Crippen molar-refractivity contribution in [3.8, 4) is 0 Å². The van der Waals surface area contributed by atoms with Crippen molar-refractivity contribution in [2.75, 3.05) is 19.7 Å². The van der Waals surface area contributed by atoms with Crippen LogP contribution in [0.3, 0.4) is 0 Å². The fourth-order valence-electron chi connectivity index (χ4n) is 3.15. The van der Waals surface area contributed by atoms with E-state index in [2.05, 4.69) is 5.32 Å². The van der Waals surface area contributed by atoms with Crippen molar-refractivity contribution >= 4 is 35.0 Å². The Morgan fingerprint density at radius 3 is 2.58 bits per heavy atom. The van der Waals surface area contributed by atoms with Gasteiger partial charge in [0.15, 0.2) is 0 Å². The van der Waals surface area contributed by atoms with Gasteiger partial charge in [0.1, 0.15) is 6.10 Å². The third kappa shape index (κ3) is 4.02. The number of piperidine rings is 1. The molecular formula is C17H20Cl2N2O3. The van der Waals surface area contributed by atoms with Crippen molar-refractivity contribution in [3.05, 3.63) is 33.8 Å². The molecule has 0 aromatic heterocycles. The predicted molar refractivity (Wildman–Crippen MR) is 92.5 cm³/mol. The minimum atomic E-state index is -0.276. The SMILES string of the molecule is O=C(NC1CCN(C(=O)C2CCCO2)CC1)c1cc(Cl)ccc1Cl. The molecule has 0 spiro atoms. The van der Waals surface area contributed by atoms with E-state index in [9.17, 15) is 9.59 Å². The topological polar surface area (TPSA) is 58.6 Å². The highest BCUT2D eigenvalue weighted by atomic mass is 35.5. The molecule has 2 amide bonds. The Balaban J connectivity index is 1.52. The molecular weight excluding hydrogens is 351 g/mol. The summed E-state index contributed by atoms with van der Waals surface area (Å²) in [5.41, 5.74) is 0.377. The number of carbonyl (C=O) groups excluding carboxylic acids is 2. The average molecular weight is 371 g/mol.